The maximum absolute atomic E-state index is 11.5. The molecule has 2 amide bonds. The summed E-state index contributed by atoms with van der Waals surface area (Å²) < 4.78 is 0. The summed E-state index contributed by atoms with van der Waals surface area (Å²) in [6.45, 7) is 1.87. The molecule has 1 aromatic rings. The number of hydrogen-bond acceptors (Lipinski definition) is 2. The Bertz CT molecular complexity index is 379. The van der Waals surface area contributed by atoms with Crippen molar-refractivity contribution in [3.05, 3.63) is 30.3 Å². The van der Waals surface area contributed by atoms with Crippen LogP contribution in [0, 0.1) is 0 Å². The lowest BCUT2D eigenvalue weighted by atomic mass is 10.3. The van der Waals surface area contributed by atoms with Crippen molar-refractivity contribution in [2.45, 2.75) is 18.7 Å². The molecule has 17 heavy (non-hydrogen) atoms. The van der Waals surface area contributed by atoms with E-state index in [0.29, 0.717) is 0 Å². The third-order valence-corrected chi connectivity index (χ3v) is 2.27. The van der Waals surface area contributed by atoms with Crippen LogP contribution in [0.25, 0.3) is 0 Å². The van der Waals surface area contributed by atoms with Gasteiger partial charge in [0.25, 0.3) is 0 Å². The topological polar surface area (TPSA) is 58.2 Å². The van der Waals surface area contributed by atoms with Gasteiger partial charge in [-0.25, -0.2) is 0 Å². The molecular formula is C12H15ClN2O2. The van der Waals surface area contributed by atoms with Crippen molar-refractivity contribution in [2.75, 3.05) is 11.9 Å². The van der Waals surface area contributed by atoms with E-state index in [1.807, 2.05) is 18.2 Å². The summed E-state index contributed by atoms with van der Waals surface area (Å²) in [5.74, 6) is -0.405. The maximum Gasteiger partial charge on any atom is 0.237 e. The number of para-hydroxylation sites is 1. The molecule has 0 aliphatic rings. The Morgan fingerprint density at radius 2 is 1.94 bits per heavy atom. The molecule has 0 aliphatic heterocycles. The van der Waals surface area contributed by atoms with E-state index < -0.39 is 5.38 Å². The number of amides is 2. The number of alkyl halides is 1. The lowest BCUT2D eigenvalue weighted by Crippen LogP contribution is -2.32. The van der Waals surface area contributed by atoms with Crippen LogP contribution in [-0.4, -0.2) is 23.7 Å². The van der Waals surface area contributed by atoms with Gasteiger partial charge < -0.3 is 10.6 Å². The van der Waals surface area contributed by atoms with Crippen LogP contribution in [0.5, 0.6) is 0 Å². The second-order valence-electron chi connectivity index (χ2n) is 3.57. The molecule has 0 saturated heterocycles. The van der Waals surface area contributed by atoms with Crippen molar-refractivity contribution >= 4 is 29.1 Å². The van der Waals surface area contributed by atoms with E-state index in [2.05, 4.69) is 10.6 Å². The minimum absolute atomic E-state index is 0.140. The summed E-state index contributed by atoms with van der Waals surface area (Å²) >= 11 is 5.56. The van der Waals surface area contributed by atoms with Crippen molar-refractivity contribution in [1.82, 2.24) is 5.32 Å². The first-order valence-electron chi connectivity index (χ1n) is 5.36. The molecule has 0 saturated carbocycles. The molecule has 1 atom stereocenters. The summed E-state index contributed by atoms with van der Waals surface area (Å²) in [5.41, 5.74) is 0.745. The third kappa shape index (κ3) is 5.36. The van der Waals surface area contributed by atoms with Crippen LogP contribution in [0.3, 0.4) is 0 Å². The largest absolute Gasteiger partial charge is 0.354 e. The highest BCUT2D eigenvalue weighted by atomic mass is 35.5. The molecule has 0 fully saturated rings. The minimum Gasteiger partial charge on any atom is -0.354 e. The summed E-state index contributed by atoms with van der Waals surface area (Å²) in [7, 11) is 0. The molecule has 92 valence electrons. The average Bonchev–Trinajstić information content (AvgIpc) is 2.30. The van der Waals surface area contributed by atoms with Gasteiger partial charge in [-0.2, -0.15) is 0 Å². The Balaban J connectivity index is 2.25. The van der Waals surface area contributed by atoms with E-state index in [1.165, 1.54) is 0 Å². The zero-order valence-corrected chi connectivity index (χ0v) is 10.3. The maximum atomic E-state index is 11.5. The Labute approximate surface area is 105 Å². The Hall–Kier alpha value is -1.55. The smallest absolute Gasteiger partial charge is 0.237 e. The number of hydrogen-bond donors (Lipinski definition) is 2. The average molecular weight is 255 g/mol. The quantitative estimate of drug-likeness (QED) is 0.787. The van der Waals surface area contributed by atoms with Gasteiger partial charge in [-0.1, -0.05) is 18.2 Å². The molecule has 0 heterocycles. The first-order chi connectivity index (χ1) is 8.09. The van der Waals surface area contributed by atoms with E-state index in [4.69, 9.17) is 11.6 Å². The second kappa shape index (κ2) is 6.91. The van der Waals surface area contributed by atoms with E-state index in [0.717, 1.165) is 5.69 Å². The highest BCUT2D eigenvalue weighted by Crippen LogP contribution is 2.04. The van der Waals surface area contributed by atoms with Crippen LogP contribution < -0.4 is 10.6 Å². The van der Waals surface area contributed by atoms with E-state index in [9.17, 15) is 9.59 Å². The standard InChI is InChI=1S/C12H15ClN2O2/c1-9(13)12(17)14-8-7-11(16)15-10-5-3-2-4-6-10/h2-6,9H,7-8H2,1H3,(H,14,17)(H,15,16). The SMILES string of the molecule is CC(Cl)C(=O)NCCC(=O)Nc1ccccc1. The fourth-order valence-corrected chi connectivity index (χ4v) is 1.26. The first kappa shape index (κ1) is 13.5. The third-order valence-electron chi connectivity index (χ3n) is 2.07. The number of carbonyl (C=O) groups excluding carboxylic acids is 2. The zero-order chi connectivity index (χ0) is 12.7. The Morgan fingerprint density at radius 1 is 1.29 bits per heavy atom. The molecule has 1 rings (SSSR count). The lowest BCUT2D eigenvalue weighted by molar-refractivity contribution is -0.120. The van der Waals surface area contributed by atoms with Gasteiger partial charge >= 0.3 is 0 Å². The number of halogens is 1. The van der Waals surface area contributed by atoms with Gasteiger partial charge in [0.15, 0.2) is 0 Å². The molecule has 0 radical (unpaired) electrons. The Morgan fingerprint density at radius 3 is 2.53 bits per heavy atom. The molecule has 0 spiro atoms. The van der Waals surface area contributed by atoms with Gasteiger partial charge in [-0.3, -0.25) is 9.59 Å². The highest BCUT2D eigenvalue weighted by molar-refractivity contribution is 6.30. The predicted octanol–water partition coefficient (Wildman–Crippen LogP) is 1.76. The van der Waals surface area contributed by atoms with Gasteiger partial charge in [0.1, 0.15) is 5.38 Å². The summed E-state index contributed by atoms with van der Waals surface area (Å²) in [4.78, 5) is 22.6. The van der Waals surface area contributed by atoms with Crippen molar-refractivity contribution in [3.63, 3.8) is 0 Å². The van der Waals surface area contributed by atoms with E-state index >= 15 is 0 Å². The van der Waals surface area contributed by atoms with Crippen LogP contribution in [0.2, 0.25) is 0 Å². The van der Waals surface area contributed by atoms with Gasteiger partial charge in [-0.15, -0.1) is 11.6 Å². The molecule has 0 bridgehead atoms. The molecule has 0 aliphatic carbocycles. The minimum atomic E-state index is -0.577. The van der Waals surface area contributed by atoms with Crippen LogP contribution in [0.15, 0.2) is 30.3 Å². The molecule has 1 unspecified atom stereocenters. The van der Waals surface area contributed by atoms with Crippen LogP contribution >= 0.6 is 11.6 Å². The number of benzene rings is 1. The molecule has 0 aromatic heterocycles. The van der Waals surface area contributed by atoms with E-state index in [1.54, 1.807) is 19.1 Å². The van der Waals surface area contributed by atoms with Crippen LogP contribution in [-0.2, 0) is 9.59 Å². The first-order valence-corrected chi connectivity index (χ1v) is 5.80. The monoisotopic (exact) mass is 254 g/mol. The summed E-state index contributed by atoms with van der Waals surface area (Å²) in [6, 6.07) is 9.16. The molecular weight excluding hydrogens is 240 g/mol. The summed E-state index contributed by atoms with van der Waals surface area (Å²) in [5, 5.41) is 4.71. The van der Waals surface area contributed by atoms with Gasteiger partial charge in [0.2, 0.25) is 11.8 Å². The normalized spacial score (nSPS) is 11.6. The van der Waals surface area contributed by atoms with Gasteiger partial charge in [0, 0.05) is 18.7 Å². The molecule has 4 nitrogen and oxygen atoms in total. The number of rotatable bonds is 5. The molecule has 5 heteroatoms. The van der Waals surface area contributed by atoms with Crippen LogP contribution in [0.1, 0.15) is 13.3 Å². The van der Waals surface area contributed by atoms with Crippen molar-refractivity contribution in [2.24, 2.45) is 0 Å². The zero-order valence-electron chi connectivity index (χ0n) is 9.57. The van der Waals surface area contributed by atoms with E-state index in [-0.39, 0.29) is 24.8 Å². The second-order valence-corrected chi connectivity index (χ2v) is 4.23. The number of anilines is 1. The predicted molar refractivity (Wildman–Crippen MR) is 68.0 cm³/mol. The van der Waals surface area contributed by atoms with Crippen molar-refractivity contribution in [1.29, 1.82) is 0 Å². The number of carbonyl (C=O) groups is 2. The fourth-order valence-electron chi connectivity index (χ4n) is 1.18. The van der Waals surface area contributed by atoms with Crippen LogP contribution in [0.4, 0.5) is 5.69 Å². The fraction of sp³-hybridized carbons (Fsp3) is 0.333. The van der Waals surface area contributed by atoms with Crippen molar-refractivity contribution in [3.8, 4) is 0 Å². The highest BCUT2D eigenvalue weighted by Gasteiger charge is 2.08. The molecule has 1 aromatic carbocycles. The Kier molecular flexibility index (Phi) is 5.49. The van der Waals surface area contributed by atoms with Crippen molar-refractivity contribution < 1.29 is 9.59 Å². The summed E-state index contributed by atoms with van der Waals surface area (Å²) in [6.07, 6.45) is 0.226. The van der Waals surface area contributed by atoms with Gasteiger partial charge in [0.05, 0.1) is 0 Å². The number of nitrogens with one attached hydrogen (secondary N) is 2. The molecule has 2 N–H and O–H groups in total. The van der Waals surface area contributed by atoms with Gasteiger partial charge in [-0.05, 0) is 19.1 Å². The lowest BCUT2D eigenvalue weighted by Gasteiger charge is -2.07.